The maximum Gasteiger partial charge on any atom is 0.211 e. The van der Waals surface area contributed by atoms with E-state index >= 15 is 8.78 Å². The van der Waals surface area contributed by atoms with Gasteiger partial charge in [-0.3, -0.25) is 9.59 Å². The molecule has 9 atom stereocenters. The summed E-state index contributed by atoms with van der Waals surface area (Å²) >= 11 is 1.47. The van der Waals surface area contributed by atoms with Gasteiger partial charge in [0.2, 0.25) is 11.4 Å². The van der Waals surface area contributed by atoms with Gasteiger partial charge in [-0.05, 0) is 66.7 Å². The highest BCUT2D eigenvalue weighted by Crippen LogP contribution is 2.72. The molecule has 1 aliphatic heterocycles. The van der Waals surface area contributed by atoms with Crippen LogP contribution in [0.2, 0.25) is 0 Å². The first-order valence-electron chi connectivity index (χ1n) is 11.9. The number of allylic oxidation sites excluding steroid dienone is 4. The first-order valence-corrected chi connectivity index (χ1v) is 12.9. The lowest BCUT2D eigenvalue weighted by Crippen LogP contribution is -2.70. The molecule has 1 aromatic heterocycles. The number of thiophene rings is 1. The SMILES string of the molecule is C[C@]12C=CC(=O)C=C1C(F)C[C@H]1[C@@H]3C[C@@H]4C(c5ccsc5)=NO[C@@]4(C(=O)CO)[C@@]3(C)C[C@H](O)[C@@]12F. The molecule has 1 aromatic rings. The van der Waals surface area contributed by atoms with Gasteiger partial charge >= 0.3 is 0 Å². The molecule has 3 fully saturated rings. The second kappa shape index (κ2) is 7.17. The van der Waals surface area contributed by atoms with Crippen molar-refractivity contribution in [2.45, 2.75) is 56.7 Å². The van der Waals surface area contributed by atoms with E-state index in [1.165, 1.54) is 23.5 Å². The van der Waals surface area contributed by atoms with Crippen LogP contribution in [0.1, 0.15) is 38.7 Å². The van der Waals surface area contributed by atoms with Gasteiger partial charge in [0.15, 0.2) is 11.5 Å². The number of carbonyl (C=O) groups excluding carboxylic acids is 2. The highest BCUT2D eigenvalue weighted by molar-refractivity contribution is 7.08. The molecule has 0 saturated heterocycles. The van der Waals surface area contributed by atoms with Crippen molar-refractivity contribution in [1.82, 2.24) is 0 Å². The van der Waals surface area contributed by atoms with Crippen LogP contribution in [0.4, 0.5) is 8.78 Å². The molecule has 5 aliphatic rings. The van der Waals surface area contributed by atoms with Crippen LogP contribution in [0.5, 0.6) is 0 Å². The van der Waals surface area contributed by atoms with Crippen LogP contribution in [0.15, 0.2) is 45.8 Å². The van der Waals surface area contributed by atoms with Crippen LogP contribution < -0.4 is 0 Å². The highest BCUT2D eigenvalue weighted by atomic mass is 32.1. The Kier molecular flexibility index (Phi) is 4.75. The molecule has 6 rings (SSSR count). The lowest BCUT2D eigenvalue weighted by Gasteiger charge is -2.62. The van der Waals surface area contributed by atoms with Crippen molar-refractivity contribution >= 4 is 28.6 Å². The maximum absolute atomic E-state index is 17.4. The molecule has 3 saturated carbocycles. The number of halogens is 2. The minimum Gasteiger partial charge on any atom is -0.390 e. The molecule has 35 heavy (non-hydrogen) atoms. The van der Waals surface area contributed by atoms with E-state index < -0.39 is 70.3 Å². The van der Waals surface area contributed by atoms with Gasteiger partial charge in [-0.2, -0.15) is 11.3 Å². The average molecular weight is 504 g/mol. The number of rotatable bonds is 3. The topological polar surface area (TPSA) is 96.2 Å². The van der Waals surface area contributed by atoms with Gasteiger partial charge in [0.05, 0.1) is 17.7 Å². The summed E-state index contributed by atoms with van der Waals surface area (Å²) in [5.41, 5.74) is -5.00. The number of aliphatic hydroxyl groups excluding tert-OH is 2. The van der Waals surface area contributed by atoms with Gasteiger partial charge < -0.3 is 15.1 Å². The summed E-state index contributed by atoms with van der Waals surface area (Å²) < 4.78 is 33.0. The molecular formula is C26H27F2NO5S. The second-order valence-corrected chi connectivity index (χ2v) is 11.8. The van der Waals surface area contributed by atoms with Crippen molar-refractivity contribution < 1.29 is 33.4 Å². The van der Waals surface area contributed by atoms with E-state index in [9.17, 15) is 19.8 Å². The first-order chi connectivity index (χ1) is 16.5. The lowest BCUT2D eigenvalue weighted by atomic mass is 9.44. The third-order valence-corrected chi connectivity index (χ3v) is 10.5. The summed E-state index contributed by atoms with van der Waals surface area (Å²) in [6.07, 6.45) is 0.659. The number of oxime groups is 1. The van der Waals surface area contributed by atoms with Crippen molar-refractivity contribution in [3.63, 3.8) is 0 Å². The van der Waals surface area contributed by atoms with E-state index in [-0.39, 0.29) is 18.4 Å². The molecular weight excluding hydrogens is 476 g/mol. The van der Waals surface area contributed by atoms with Gasteiger partial charge in [0.1, 0.15) is 12.8 Å². The van der Waals surface area contributed by atoms with E-state index in [1.807, 2.05) is 16.8 Å². The van der Waals surface area contributed by atoms with Crippen LogP contribution >= 0.6 is 11.3 Å². The lowest BCUT2D eigenvalue weighted by molar-refractivity contribution is -0.229. The Balaban J connectivity index is 1.51. The Labute approximate surface area is 205 Å². The number of nitrogens with zero attached hydrogens (tertiary/aromatic N) is 1. The number of fused-ring (bicyclic) bond motifs is 7. The summed E-state index contributed by atoms with van der Waals surface area (Å²) in [5.74, 6) is -2.99. The quantitative estimate of drug-likeness (QED) is 0.660. The Bertz CT molecular complexity index is 1210. The van der Waals surface area contributed by atoms with E-state index in [0.29, 0.717) is 12.1 Å². The molecule has 0 aromatic carbocycles. The molecule has 1 unspecified atom stereocenters. The van der Waals surface area contributed by atoms with Crippen LogP contribution in [0, 0.1) is 28.6 Å². The van der Waals surface area contributed by atoms with Crippen molar-refractivity contribution in [3.05, 3.63) is 46.2 Å². The van der Waals surface area contributed by atoms with Gasteiger partial charge in [-0.25, -0.2) is 8.78 Å². The maximum atomic E-state index is 17.4. The van der Waals surface area contributed by atoms with Crippen molar-refractivity contribution in [1.29, 1.82) is 0 Å². The molecule has 0 spiro atoms. The molecule has 6 nitrogen and oxygen atoms in total. The minimum atomic E-state index is -2.25. The molecule has 0 radical (unpaired) electrons. The van der Waals surface area contributed by atoms with E-state index in [4.69, 9.17) is 4.84 Å². The molecule has 0 amide bonds. The van der Waals surface area contributed by atoms with Crippen molar-refractivity contribution in [3.8, 4) is 0 Å². The smallest absolute Gasteiger partial charge is 0.211 e. The summed E-state index contributed by atoms with van der Waals surface area (Å²) in [5, 5.41) is 29.5. The van der Waals surface area contributed by atoms with E-state index in [2.05, 4.69) is 5.16 Å². The van der Waals surface area contributed by atoms with Gasteiger partial charge in [-0.1, -0.05) is 18.2 Å². The van der Waals surface area contributed by atoms with Crippen molar-refractivity contribution in [2.75, 3.05) is 6.61 Å². The van der Waals surface area contributed by atoms with Gasteiger partial charge in [-0.15, -0.1) is 0 Å². The van der Waals surface area contributed by atoms with Crippen LogP contribution in [0.25, 0.3) is 0 Å². The number of alkyl halides is 2. The second-order valence-electron chi connectivity index (χ2n) is 11.0. The monoisotopic (exact) mass is 503 g/mol. The zero-order chi connectivity index (χ0) is 25.0. The highest BCUT2D eigenvalue weighted by Gasteiger charge is 2.80. The Morgan fingerprint density at radius 2 is 2.09 bits per heavy atom. The number of Topliss-reactive ketones (excluding diaryl/α,β-unsaturated/α-hetero) is 1. The summed E-state index contributed by atoms with van der Waals surface area (Å²) in [6, 6.07) is 1.87. The zero-order valence-electron chi connectivity index (χ0n) is 19.4. The van der Waals surface area contributed by atoms with Gasteiger partial charge in [0, 0.05) is 22.3 Å². The predicted molar refractivity (Wildman–Crippen MR) is 124 cm³/mol. The number of carbonyl (C=O) groups is 2. The molecule has 9 heteroatoms. The Morgan fingerprint density at radius 3 is 2.77 bits per heavy atom. The third kappa shape index (κ3) is 2.52. The molecule has 4 aliphatic carbocycles. The van der Waals surface area contributed by atoms with E-state index in [0.717, 1.165) is 11.6 Å². The fourth-order valence-corrected chi connectivity index (χ4v) is 8.88. The molecule has 2 heterocycles. The first kappa shape index (κ1) is 23.2. The fourth-order valence-electron chi connectivity index (χ4n) is 8.23. The average Bonchev–Trinajstić information content (AvgIpc) is 3.53. The Morgan fingerprint density at radius 1 is 1.31 bits per heavy atom. The normalized spacial score (nSPS) is 47.7. The Hall–Kier alpha value is -2.23. The number of hydrogen-bond donors (Lipinski definition) is 2. The number of ketones is 2. The van der Waals surface area contributed by atoms with E-state index in [1.54, 1.807) is 13.8 Å². The zero-order valence-corrected chi connectivity index (χ0v) is 20.2. The fraction of sp³-hybridized carbons (Fsp3) is 0.577. The van der Waals surface area contributed by atoms with Crippen LogP contribution in [-0.4, -0.2) is 57.6 Å². The minimum absolute atomic E-state index is 0.0579. The largest absolute Gasteiger partial charge is 0.390 e. The van der Waals surface area contributed by atoms with Crippen LogP contribution in [-0.2, 0) is 14.4 Å². The number of hydrogen-bond acceptors (Lipinski definition) is 7. The standard InChI is InChI=1S/C26H27F2NO5S/c1-23-5-3-14(31)7-17(23)19(27)9-16-15-8-18-22(13-4-6-35-12-13)29-34-26(18,21(33)11-30)24(15,2)10-20(32)25(16,23)28/h3-7,12,15-16,18-20,30,32H,8-11H2,1-2H3/t15-,16-,18+,19?,20-,23-,24-,25-,26-/m0/s1. The molecule has 0 bridgehead atoms. The third-order valence-electron chi connectivity index (χ3n) is 9.84. The summed E-state index contributed by atoms with van der Waals surface area (Å²) in [4.78, 5) is 31.3. The van der Waals surface area contributed by atoms with Gasteiger partial charge in [0.25, 0.3) is 0 Å². The van der Waals surface area contributed by atoms with Crippen LogP contribution in [0.3, 0.4) is 0 Å². The number of aliphatic hydroxyl groups is 2. The predicted octanol–water partition coefficient (Wildman–Crippen LogP) is 3.33. The summed E-state index contributed by atoms with van der Waals surface area (Å²) in [7, 11) is 0. The molecule has 2 N–H and O–H groups in total. The summed E-state index contributed by atoms with van der Waals surface area (Å²) in [6.45, 7) is 2.54. The van der Waals surface area contributed by atoms with Crippen molar-refractivity contribution in [2.24, 2.45) is 33.7 Å². The molecule has 186 valence electrons.